The Balaban J connectivity index is 1.69. The third kappa shape index (κ3) is 3.80. The molecule has 0 aliphatic heterocycles. The van der Waals surface area contributed by atoms with Crippen LogP contribution in [0.25, 0.3) is 11.0 Å². The van der Waals surface area contributed by atoms with E-state index in [9.17, 15) is 8.42 Å². The van der Waals surface area contributed by atoms with Crippen LogP contribution in [0.3, 0.4) is 0 Å². The molecule has 0 amide bonds. The molecule has 0 radical (unpaired) electrons. The van der Waals surface area contributed by atoms with Crippen LogP contribution in [-0.4, -0.2) is 8.42 Å². The lowest BCUT2D eigenvalue weighted by atomic mass is 9.87. The van der Waals surface area contributed by atoms with Crippen molar-refractivity contribution < 1.29 is 12.8 Å². The Bertz CT molecular complexity index is 1170. The Morgan fingerprint density at radius 2 is 1.79 bits per heavy atom. The van der Waals surface area contributed by atoms with Crippen molar-refractivity contribution in [2.75, 3.05) is 4.72 Å². The summed E-state index contributed by atoms with van der Waals surface area (Å²) < 4.78 is 34.8. The van der Waals surface area contributed by atoms with Gasteiger partial charge in [0.2, 0.25) is 0 Å². The Labute approximate surface area is 173 Å². The standard InChI is InChI=1S/C24H29NO3S/c1-15-6-11-22-19(12-15)20-14-21(16(2)13-23(20)28-22)25-29(26,27)18-9-7-17(8-10-18)24(3,4)5/h7-10,13-15,25H,6,11-12H2,1-5H3/t15-/m0/s1. The normalized spacial score (nSPS) is 17.3. The van der Waals surface area contributed by atoms with E-state index >= 15 is 0 Å². The number of anilines is 1. The largest absolute Gasteiger partial charge is 0.461 e. The van der Waals surface area contributed by atoms with Crippen LogP contribution in [0.5, 0.6) is 0 Å². The highest BCUT2D eigenvalue weighted by molar-refractivity contribution is 7.92. The molecule has 3 aromatic rings. The average molecular weight is 412 g/mol. The zero-order valence-electron chi connectivity index (χ0n) is 17.8. The van der Waals surface area contributed by atoms with Gasteiger partial charge in [0, 0.05) is 17.4 Å². The molecule has 0 saturated carbocycles. The summed E-state index contributed by atoms with van der Waals surface area (Å²) in [5.41, 5.74) is 4.63. The van der Waals surface area contributed by atoms with Gasteiger partial charge in [0.15, 0.2) is 0 Å². The molecule has 0 saturated heterocycles. The Hall–Kier alpha value is -2.27. The van der Waals surface area contributed by atoms with E-state index in [0.29, 0.717) is 11.6 Å². The number of furan rings is 1. The summed E-state index contributed by atoms with van der Waals surface area (Å²) in [7, 11) is -3.66. The molecule has 1 aliphatic rings. The monoisotopic (exact) mass is 411 g/mol. The summed E-state index contributed by atoms with van der Waals surface area (Å²) in [5.74, 6) is 1.67. The van der Waals surface area contributed by atoms with Crippen LogP contribution in [0.15, 0.2) is 45.7 Å². The number of fused-ring (bicyclic) bond motifs is 3. The van der Waals surface area contributed by atoms with E-state index in [4.69, 9.17) is 4.42 Å². The second-order valence-corrected chi connectivity index (χ2v) is 11.1. The SMILES string of the molecule is Cc1cc2oc3c(c2cc1NS(=O)(=O)c1ccc(C(C)(C)C)cc1)C[C@@H](C)CC3. The van der Waals surface area contributed by atoms with Gasteiger partial charge < -0.3 is 4.42 Å². The molecule has 1 heterocycles. The topological polar surface area (TPSA) is 59.3 Å². The second kappa shape index (κ2) is 6.91. The molecule has 0 spiro atoms. The maximum absolute atomic E-state index is 13.0. The van der Waals surface area contributed by atoms with Gasteiger partial charge >= 0.3 is 0 Å². The molecule has 29 heavy (non-hydrogen) atoms. The Morgan fingerprint density at radius 3 is 2.45 bits per heavy atom. The number of hydrogen-bond donors (Lipinski definition) is 1. The fourth-order valence-electron chi connectivity index (χ4n) is 4.05. The summed E-state index contributed by atoms with van der Waals surface area (Å²) in [6, 6.07) is 11.0. The number of benzene rings is 2. The maximum Gasteiger partial charge on any atom is 0.261 e. The average Bonchev–Trinajstić information content (AvgIpc) is 2.98. The third-order valence-corrected chi connectivity index (χ3v) is 7.29. The maximum atomic E-state index is 13.0. The fourth-order valence-corrected chi connectivity index (χ4v) is 5.17. The lowest BCUT2D eigenvalue weighted by Gasteiger charge is -2.19. The van der Waals surface area contributed by atoms with Crippen molar-refractivity contribution in [3.05, 3.63) is 58.8 Å². The number of nitrogens with one attached hydrogen (secondary N) is 1. The quantitative estimate of drug-likeness (QED) is 0.578. The van der Waals surface area contributed by atoms with Gasteiger partial charge in [-0.2, -0.15) is 0 Å². The van der Waals surface area contributed by atoms with Gasteiger partial charge in [-0.3, -0.25) is 4.72 Å². The van der Waals surface area contributed by atoms with Crippen LogP contribution in [0.2, 0.25) is 0 Å². The van der Waals surface area contributed by atoms with E-state index in [0.717, 1.165) is 47.1 Å². The van der Waals surface area contributed by atoms with Crippen molar-refractivity contribution in [1.29, 1.82) is 0 Å². The molecule has 4 nitrogen and oxygen atoms in total. The zero-order chi connectivity index (χ0) is 21.0. The fraction of sp³-hybridized carbons (Fsp3) is 0.417. The zero-order valence-corrected chi connectivity index (χ0v) is 18.6. The van der Waals surface area contributed by atoms with Crippen molar-refractivity contribution in [1.82, 2.24) is 0 Å². The minimum Gasteiger partial charge on any atom is -0.461 e. The minimum atomic E-state index is -3.66. The molecule has 1 N–H and O–H groups in total. The summed E-state index contributed by atoms with van der Waals surface area (Å²) >= 11 is 0. The van der Waals surface area contributed by atoms with Crippen molar-refractivity contribution in [3.8, 4) is 0 Å². The molecule has 2 aromatic carbocycles. The van der Waals surface area contributed by atoms with Crippen LogP contribution in [-0.2, 0) is 28.3 Å². The van der Waals surface area contributed by atoms with Crippen molar-refractivity contribution >= 4 is 26.7 Å². The van der Waals surface area contributed by atoms with Crippen molar-refractivity contribution in [2.45, 2.75) is 64.2 Å². The molecule has 1 aliphatic carbocycles. The van der Waals surface area contributed by atoms with Crippen molar-refractivity contribution in [3.63, 3.8) is 0 Å². The summed E-state index contributed by atoms with van der Waals surface area (Å²) in [5, 5.41) is 1.03. The predicted molar refractivity (Wildman–Crippen MR) is 118 cm³/mol. The smallest absolute Gasteiger partial charge is 0.261 e. The van der Waals surface area contributed by atoms with Crippen LogP contribution in [0.1, 0.15) is 56.6 Å². The first-order chi connectivity index (χ1) is 13.5. The van der Waals surface area contributed by atoms with Gasteiger partial charge in [0.1, 0.15) is 11.3 Å². The van der Waals surface area contributed by atoms with Gasteiger partial charge in [0.25, 0.3) is 10.0 Å². The summed E-state index contributed by atoms with van der Waals surface area (Å²) in [4.78, 5) is 0.271. The predicted octanol–water partition coefficient (Wildman–Crippen LogP) is 5.96. The molecular weight excluding hydrogens is 382 g/mol. The van der Waals surface area contributed by atoms with Gasteiger partial charge in [-0.05, 0) is 66.5 Å². The highest BCUT2D eigenvalue weighted by Gasteiger charge is 2.24. The van der Waals surface area contributed by atoms with E-state index < -0.39 is 10.0 Å². The first-order valence-corrected chi connectivity index (χ1v) is 11.7. The van der Waals surface area contributed by atoms with Gasteiger partial charge in [0.05, 0.1) is 10.6 Å². The Kier molecular flexibility index (Phi) is 4.77. The first-order valence-electron chi connectivity index (χ1n) is 10.2. The molecule has 0 bridgehead atoms. The summed E-state index contributed by atoms with van der Waals surface area (Å²) in [6.07, 6.45) is 3.06. The van der Waals surface area contributed by atoms with E-state index in [2.05, 4.69) is 32.4 Å². The molecule has 154 valence electrons. The second-order valence-electron chi connectivity index (χ2n) is 9.39. The molecule has 1 atom stereocenters. The van der Waals surface area contributed by atoms with Crippen LogP contribution in [0, 0.1) is 12.8 Å². The summed E-state index contributed by atoms with van der Waals surface area (Å²) in [6.45, 7) is 10.5. The molecule has 5 heteroatoms. The number of hydrogen-bond acceptors (Lipinski definition) is 3. The van der Waals surface area contributed by atoms with E-state index in [-0.39, 0.29) is 10.3 Å². The van der Waals surface area contributed by atoms with Gasteiger partial charge in [-0.1, -0.05) is 39.8 Å². The number of rotatable bonds is 3. The van der Waals surface area contributed by atoms with E-state index in [1.807, 2.05) is 31.2 Å². The van der Waals surface area contributed by atoms with E-state index in [1.54, 1.807) is 12.1 Å². The number of sulfonamides is 1. The Morgan fingerprint density at radius 1 is 1.10 bits per heavy atom. The van der Waals surface area contributed by atoms with Crippen molar-refractivity contribution in [2.24, 2.45) is 5.92 Å². The lowest BCUT2D eigenvalue weighted by Crippen LogP contribution is -2.15. The molecular formula is C24H29NO3S. The molecule has 0 fully saturated rings. The van der Waals surface area contributed by atoms with Crippen LogP contribution in [0.4, 0.5) is 5.69 Å². The lowest BCUT2D eigenvalue weighted by molar-refractivity contribution is 0.438. The van der Waals surface area contributed by atoms with Crippen LogP contribution < -0.4 is 4.72 Å². The van der Waals surface area contributed by atoms with Gasteiger partial charge in [-0.25, -0.2) is 8.42 Å². The van der Waals surface area contributed by atoms with Crippen LogP contribution >= 0.6 is 0 Å². The first kappa shape index (κ1) is 20.0. The molecule has 4 rings (SSSR count). The minimum absolute atomic E-state index is 0.0190. The molecule has 1 aromatic heterocycles. The highest BCUT2D eigenvalue weighted by Crippen LogP contribution is 2.37. The highest BCUT2D eigenvalue weighted by atomic mass is 32.2. The molecule has 0 unspecified atom stereocenters. The number of aryl methyl sites for hydroxylation is 2. The van der Waals surface area contributed by atoms with Gasteiger partial charge in [-0.15, -0.1) is 0 Å². The third-order valence-electron chi connectivity index (χ3n) is 5.91. The van der Waals surface area contributed by atoms with E-state index in [1.165, 1.54) is 5.56 Å².